The molecule has 0 unspecified atom stereocenters. The van der Waals surface area contributed by atoms with E-state index in [0.29, 0.717) is 18.8 Å². The fraction of sp³-hybridized carbons (Fsp3) is 0.500. The summed E-state index contributed by atoms with van der Waals surface area (Å²) in [4.78, 5) is 24.0. The van der Waals surface area contributed by atoms with Gasteiger partial charge in [-0.2, -0.15) is 0 Å². The SMILES string of the molecule is C=CCc1ccc(CC(=O)OCCCC)cc1OC(=O)C(C)(C)C. The van der Waals surface area contributed by atoms with Gasteiger partial charge in [-0.25, -0.2) is 0 Å². The number of unbranched alkanes of at least 4 members (excludes halogenated alkanes) is 1. The van der Waals surface area contributed by atoms with Crippen LogP contribution in [0.25, 0.3) is 0 Å². The number of benzene rings is 1. The highest BCUT2D eigenvalue weighted by Crippen LogP contribution is 2.25. The van der Waals surface area contributed by atoms with Gasteiger partial charge >= 0.3 is 11.9 Å². The fourth-order valence-electron chi connectivity index (χ4n) is 1.93. The zero-order chi connectivity index (χ0) is 18.2. The molecule has 0 N–H and O–H groups in total. The standard InChI is InChI=1S/C20H28O4/c1-6-8-12-23-18(21)14-15-10-11-16(9-7-2)17(13-15)24-19(22)20(3,4)5/h7,10-11,13H,2,6,8-9,12,14H2,1,3-5H3. The van der Waals surface area contributed by atoms with Gasteiger partial charge in [0.25, 0.3) is 0 Å². The Balaban J connectivity index is 2.89. The van der Waals surface area contributed by atoms with Gasteiger partial charge in [-0.3, -0.25) is 9.59 Å². The Bertz CT molecular complexity index is 582. The van der Waals surface area contributed by atoms with Gasteiger partial charge in [0.1, 0.15) is 5.75 Å². The van der Waals surface area contributed by atoms with Crippen LogP contribution >= 0.6 is 0 Å². The Morgan fingerprint density at radius 2 is 1.96 bits per heavy atom. The molecule has 0 atom stereocenters. The van der Waals surface area contributed by atoms with E-state index in [9.17, 15) is 9.59 Å². The number of hydrogen-bond donors (Lipinski definition) is 0. The van der Waals surface area contributed by atoms with Gasteiger partial charge in [-0.05, 0) is 50.8 Å². The molecular formula is C20H28O4. The lowest BCUT2D eigenvalue weighted by molar-refractivity contribution is -0.143. The first-order chi connectivity index (χ1) is 11.3. The Hall–Kier alpha value is -2.10. The van der Waals surface area contributed by atoms with Crippen molar-refractivity contribution in [3.05, 3.63) is 42.0 Å². The molecule has 0 radical (unpaired) electrons. The molecule has 0 fully saturated rings. The predicted molar refractivity (Wildman–Crippen MR) is 95.0 cm³/mol. The quantitative estimate of drug-likeness (QED) is 0.309. The van der Waals surface area contributed by atoms with E-state index in [1.807, 2.05) is 19.1 Å². The lowest BCUT2D eigenvalue weighted by Crippen LogP contribution is -2.26. The summed E-state index contributed by atoms with van der Waals surface area (Å²) in [5.41, 5.74) is 1.03. The molecular weight excluding hydrogens is 304 g/mol. The summed E-state index contributed by atoms with van der Waals surface area (Å²) in [5.74, 6) is -0.0998. The molecule has 0 bridgehead atoms. The fourth-order valence-corrected chi connectivity index (χ4v) is 1.93. The maximum atomic E-state index is 12.2. The van der Waals surface area contributed by atoms with E-state index in [-0.39, 0.29) is 18.4 Å². The topological polar surface area (TPSA) is 52.6 Å². The van der Waals surface area contributed by atoms with Gasteiger partial charge < -0.3 is 9.47 Å². The lowest BCUT2D eigenvalue weighted by atomic mass is 9.97. The average Bonchev–Trinajstić information content (AvgIpc) is 2.49. The van der Waals surface area contributed by atoms with E-state index in [1.165, 1.54) is 0 Å². The van der Waals surface area contributed by atoms with Crippen LogP contribution in [0.5, 0.6) is 5.75 Å². The van der Waals surface area contributed by atoms with E-state index >= 15 is 0 Å². The zero-order valence-electron chi connectivity index (χ0n) is 15.2. The van der Waals surface area contributed by atoms with Gasteiger partial charge in [0.05, 0.1) is 18.4 Å². The molecule has 0 saturated carbocycles. The van der Waals surface area contributed by atoms with E-state index in [1.54, 1.807) is 32.9 Å². The molecule has 0 heterocycles. The Morgan fingerprint density at radius 1 is 1.25 bits per heavy atom. The molecule has 1 rings (SSSR count). The molecule has 0 aliphatic rings. The first kappa shape index (κ1) is 19.9. The molecule has 0 amide bonds. The summed E-state index contributed by atoms with van der Waals surface area (Å²) in [5, 5.41) is 0. The highest BCUT2D eigenvalue weighted by Gasteiger charge is 2.24. The van der Waals surface area contributed by atoms with Crippen LogP contribution in [0, 0.1) is 5.41 Å². The summed E-state index contributed by atoms with van der Waals surface area (Å²) >= 11 is 0. The Kier molecular flexibility index (Phi) is 7.69. The van der Waals surface area contributed by atoms with Crippen LogP contribution < -0.4 is 4.74 Å². The molecule has 1 aromatic carbocycles. The molecule has 0 spiro atoms. The first-order valence-corrected chi connectivity index (χ1v) is 8.38. The predicted octanol–water partition coefficient (Wildman–Crippen LogP) is 4.25. The number of ether oxygens (including phenoxy) is 2. The van der Waals surface area contributed by atoms with Crippen LogP contribution in [-0.2, 0) is 27.2 Å². The van der Waals surface area contributed by atoms with Crippen molar-refractivity contribution < 1.29 is 19.1 Å². The van der Waals surface area contributed by atoms with Crippen molar-refractivity contribution in [1.29, 1.82) is 0 Å². The van der Waals surface area contributed by atoms with Crippen LogP contribution in [0.3, 0.4) is 0 Å². The van der Waals surface area contributed by atoms with E-state index < -0.39 is 5.41 Å². The van der Waals surface area contributed by atoms with Crippen LogP contribution in [0.2, 0.25) is 0 Å². The van der Waals surface area contributed by atoms with E-state index in [4.69, 9.17) is 9.47 Å². The molecule has 0 saturated heterocycles. The summed E-state index contributed by atoms with van der Waals surface area (Å²) < 4.78 is 10.7. The third-order valence-corrected chi connectivity index (χ3v) is 3.42. The van der Waals surface area contributed by atoms with Crippen molar-refractivity contribution >= 4 is 11.9 Å². The van der Waals surface area contributed by atoms with Crippen LogP contribution in [-0.4, -0.2) is 18.5 Å². The molecule has 4 heteroatoms. The summed E-state index contributed by atoms with van der Waals surface area (Å²) in [6.07, 6.45) is 4.35. The van der Waals surface area contributed by atoms with E-state index in [0.717, 1.165) is 24.0 Å². The van der Waals surface area contributed by atoms with Crippen molar-refractivity contribution in [3.63, 3.8) is 0 Å². The van der Waals surface area contributed by atoms with Crippen LogP contribution in [0.15, 0.2) is 30.9 Å². The minimum Gasteiger partial charge on any atom is -0.465 e. The van der Waals surface area contributed by atoms with Crippen molar-refractivity contribution in [3.8, 4) is 5.75 Å². The second-order valence-corrected chi connectivity index (χ2v) is 6.83. The van der Waals surface area contributed by atoms with Crippen molar-refractivity contribution in [2.24, 2.45) is 5.41 Å². The number of rotatable bonds is 8. The lowest BCUT2D eigenvalue weighted by Gasteiger charge is -2.18. The monoisotopic (exact) mass is 332 g/mol. The molecule has 0 aromatic heterocycles. The largest absolute Gasteiger partial charge is 0.465 e. The van der Waals surface area contributed by atoms with Gasteiger partial charge in [-0.1, -0.05) is 31.6 Å². The third-order valence-electron chi connectivity index (χ3n) is 3.42. The Morgan fingerprint density at radius 3 is 2.54 bits per heavy atom. The van der Waals surface area contributed by atoms with E-state index in [2.05, 4.69) is 6.58 Å². The summed E-state index contributed by atoms with van der Waals surface area (Å²) in [7, 11) is 0. The molecule has 1 aromatic rings. The minimum absolute atomic E-state index is 0.165. The number of carbonyl (C=O) groups is 2. The second-order valence-electron chi connectivity index (χ2n) is 6.83. The third kappa shape index (κ3) is 6.57. The highest BCUT2D eigenvalue weighted by molar-refractivity contribution is 5.78. The van der Waals surface area contributed by atoms with Gasteiger partial charge in [0.2, 0.25) is 0 Å². The van der Waals surface area contributed by atoms with Crippen LogP contribution in [0.4, 0.5) is 0 Å². The van der Waals surface area contributed by atoms with Crippen molar-refractivity contribution in [2.45, 2.75) is 53.4 Å². The van der Waals surface area contributed by atoms with Gasteiger partial charge in [-0.15, -0.1) is 6.58 Å². The normalized spacial score (nSPS) is 11.0. The highest BCUT2D eigenvalue weighted by atomic mass is 16.5. The maximum Gasteiger partial charge on any atom is 0.316 e. The smallest absolute Gasteiger partial charge is 0.316 e. The first-order valence-electron chi connectivity index (χ1n) is 8.38. The number of esters is 2. The van der Waals surface area contributed by atoms with Gasteiger partial charge in [0.15, 0.2) is 0 Å². The van der Waals surface area contributed by atoms with Crippen molar-refractivity contribution in [1.82, 2.24) is 0 Å². The maximum absolute atomic E-state index is 12.2. The molecule has 0 aliphatic carbocycles. The minimum atomic E-state index is -0.597. The average molecular weight is 332 g/mol. The Labute approximate surface area is 144 Å². The van der Waals surface area contributed by atoms with Crippen LogP contribution in [0.1, 0.15) is 51.7 Å². The molecule has 0 aliphatic heterocycles. The molecule has 132 valence electrons. The zero-order valence-corrected chi connectivity index (χ0v) is 15.2. The molecule has 4 nitrogen and oxygen atoms in total. The van der Waals surface area contributed by atoms with Crippen molar-refractivity contribution in [2.75, 3.05) is 6.61 Å². The molecule has 24 heavy (non-hydrogen) atoms. The summed E-state index contributed by atoms with van der Waals surface area (Å²) in [6, 6.07) is 5.46. The number of allylic oxidation sites excluding steroid dienone is 1. The van der Waals surface area contributed by atoms with Gasteiger partial charge in [0, 0.05) is 0 Å². The summed E-state index contributed by atoms with van der Waals surface area (Å²) in [6.45, 7) is 11.6. The number of carbonyl (C=O) groups excluding carboxylic acids is 2. The second kappa shape index (κ2) is 9.26. The number of hydrogen-bond acceptors (Lipinski definition) is 4.